The lowest BCUT2D eigenvalue weighted by molar-refractivity contribution is -0.117. The fourth-order valence-corrected chi connectivity index (χ4v) is 0.988. The molecular weight excluding hydrogens is 192 g/mol. The molecule has 0 fully saturated rings. The van der Waals surface area contributed by atoms with E-state index in [2.05, 4.69) is 6.92 Å². The van der Waals surface area contributed by atoms with E-state index in [1.54, 1.807) is 6.92 Å². The average molecular weight is 218 g/mol. The Morgan fingerprint density at radius 3 is 2.20 bits per heavy atom. The first-order valence-corrected chi connectivity index (χ1v) is 5.72. The summed E-state index contributed by atoms with van der Waals surface area (Å²) in [6.45, 7) is 9.24. The normalized spacial score (nSPS) is 9.73. The molecule has 0 atom stereocenters. The first-order valence-electron chi connectivity index (χ1n) is 5.72. The lowest BCUT2D eigenvalue weighted by Gasteiger charge is -1.97. The average Bonchev–Trinajstić information content (AvgIpc) is 2.11. The maximum atomic E-state index is 10.3. The first kappa shape index (κ1) is 17.0. The minimum absolute atomic E-state index is 0.143. The van der Waals surface area contributed by atoms with E-state index in [-0.39, 0.29) is 12.4 Å². The summed E-state index contributed by atoms with van der Waals surface area (Å²) in [5.74, 6) is 0.813. The van der Waals surface area contributed by atoms with E-state index in [1.807, 2.05) is 13.8 Å². The van der Waals surface area contributed by atoms with Gasteiger partial charge in [0.2, 0.25) is 0 Å². The van der Waals surface area contributed by atoms with Crippen molar-refractivity contribution in [2.75, 3.05) is 19.8 Å². The van der Waals surface area contributed by atoms with E-state index in [4.69, 9.17) is 9.84 Å². The molecule has 3 nitrogen and oxygen atoms in total. The zero-order chi connectivity index (χ0) is 12.1. The number of ether oxygens (including phenoxy) is 1. The van der Waals surface area contributed by atoms with Crippen LogP contribution in [0.3, 0.4) is 0 Å². The predicted molar refractivity (Wildman–Crippen MR) is 62.9 cm³/mol. The number of hydrogen-bond acceptors (Lipinski definition) is 3. The van der Waals surface area contributed by atoms with Gasteiger partial charge in [0.15, 0.2) is 0 Å². The lowest BCUT2D eigenvalue weighted by Crippen LogP contribution is -1.99. The molecule has 0 aliphatic carbocycles. The second-order valence-corrected chi connectivity index (χ2v) is 3.99. The molecule has 3 heteroatoms. The number of carbonyl (C=O) groups is 1. The van der Waals surface area contributed by atoms with Gasteiger partial charge >= 0.3 is 0 Å². The molecule has 0 heterocycles. The molecule has 0 radical (unpaired) electrons. The van der Waals surface area contributed by atoms with Gasteiger partial charge in [0, 0.05) is 13.0 Å². The number of ketones is 1. The molecule has 1 N–H and O–H groups in total. The second-order valence-electron chi connectivity index (χ2n) is 3.99. The van der Waals surface area contributed by atoms with Gasteiger partial charge in [-0.1, -0.05) is 27.2 Å². The molecule has 0 spiro atoms. The number of aliphatic hydroxyl groups is 1. The van der Waals surface area contributed by atoms with E-state index < -0.39 is 0 Å². The zero-order valence-corrected chi connectivity index (χ0v) is 10.6. The Kier molecular flexibility index (Phi) is 15.4. The SMILES string of the molecule is CC(=O)CC(C)C.CCCCOCCO. The fourth-order valence-electron chi connectivity index (χ4n) is 0.988. The van der Waals surface area contributed by atoms with Crippen molar-refractivity contribution in [3.05, 3.63) is 0 Å². The zero-order valence-electron chi connectivity index (χ0n) is 10.6. The standard InChI is InChI=1S/C6H14O2.C6H12O/c1-2-3-5-8-6-4-7;1-5(2)4-6(3)7/h7H,2-6H2,1H3;5H,4H2,1-3H3. The summed E-state index contributed by atoms with van der Waals surface area (Å²) in [5, 5.41) is 8.24. The van der Waals surface area contributed by atoms with Gasteiger partial charge in [-0.2, -0.15) is 0 Å². The predicted octanol–water partition coefficient (Wildman–Crippen LogP) is 2.42. The molecule has 15 heavy (non-hydrogen) atoms. The van der Waals surface area contributed by atoms with Crippen molar-refractivity contribution >= 4 is 5.78 Å². The molecule has 0 rings (SSSR count). The van der Waals surface area contributed by atoms with Gasteiger partial charge in [-0.3, -0.25) is 0 Å². The van der Waals surface area contributed by atoms with Gasteiger partial charge in [0.1, 0.15) is 5.78 Å². The van der Waals surface area contributed by atoms with Crippen LogP contribution in [-0.4, -0.2) is 30.7 Å². The Hall–Kier alpha value is -0.410. The van der Waals surface area contributed by atoms with Gasteiger partial charge in [-0.25, -0.2) is 0 Å². The van der Waals surface area contributed by atoms with E-state index >= 15 is 0 Å². The van der Waals surface area contributed by atoms with Crippen LogP contribution in [0.4, 0.5) is 0 Å². The monoisotopic (exact) mass is 218 g/mol. The third-order valence-electron chi connectivity index (χ3n) is 1.57. The summed E-state index contributed by atoms with van der Waals surface area (Å²) in [6, 6.07) is 0. The van der Waals surface area contributed by atoms with Gasteiger partial charge in [0.25, 0.3) is 0 Å². The van der Waals surface area contributed by atoms with Crippen molar-refractivity contribution in [3.63, 3.8) is 0 Å². The highest BCUT2D eigenvalue weighted by molar-refractivity contribution is 5.75. The molecule has 92 valence electrons. The second kappa shape index (κ2) is 13.6. The number of Topliss-reactive ketones (excluding diaryl/α,β-unsaturated/α-hetero) is 1. The molecule has 0 bridgehead atoms. The number of hydrogen-bond donors (Lipinski definition) is 1. The summed E-state index contributed by atoms with van der Waals surface area (Å²) in [6.07, 6.45) is 2.98. The molecule has 0 aromatic carbocycles. The van der Waals surface area contributed by atoms with Gasteiger partial charge in [0.05, 0.1) is 13.2 Å². The van der Waals surface area contributed by atoms with Crippen LogP contribution in [0.2, 0.25) is 0 Å². The maximum absolute atomic E-state index is 10.3. The van der Waals surface area contributed by atoms with Gasteiger partial charge < -0.3 is 14.6 Å². The van der Waals surface area contributed by atoms with Crippen molar-refractivity contribution in [3.8, 4) is 0 Å². The fraction of sp³-hybridized carbons (Fsp3) is 0.917. The van der Waals surface area contributed by atoms with E-state index in [9.17, 15) is 4.79 Å². The van der Waals surface area contributed by atoms with Crippen molar-refractivity contribution in [2.45, 2.75) is 47.0 Å². The lowest BCUT2D eigenvalue weighted by atomic mass is 10.1. The van der Waals surface area contributed by atoms with Gasteiger partial charge in [-0.05, 0) is 19.3 Å². The number of carbonyl (C=O) groups excluding carboxylic acids is 1. The van der Waals surface area contributed by atoms with Crippen molar-refractivity contribution in [1.82, 2.24) is 0 Å². The molecule has 0 aliphatic heterocycles. The van der Waals surface area contributed by atoms with Crippen molar-refractivity contribution in [1.29, 1.82) is 0 Å². The summed E-state index contributed by atoms with van der Waals surface area (Å²) in [7, 11) is 0. The van der Waals surface area contributed by atoms with E-state index in [0.717, 1.165) is 25.9 Å². The summed E-state index contributed by atoms with van der Waals surface area (Å²) in [4.78, 5) is 10.3. The summed E-state index contributed by atoms with van der Waals surface area (Å²) in [5.41, 5.74) is 0. The number of aliphatic hydroxyl groups excluding tert-OH is 1. The first-order chi connectivity index (χ1) is 7.04. The van der Waals surface area contributed by atoms with Crippen LogP contribution >= 0.6 is 0 Å². The number of rotatable bonds is 7. The molecule has 0 aliphatic rings. The van der Waals surface area contributed by atoms with Gasteiger partial charge in [-0.15, -0.1) is 0 Å². The van der Waals surface area contributed by atoms with Crippen LogP contribution in [-0.2, 0) is 9.53 Å². The van der Waals surface area contributed by atoms with E-state index in [0.29, 0.717) is 12.5 Å². The molecule has 0 saturated heterocycles. The van der Waals surface area contributed by atoms with Crippen LogP contribution in [0.25, 0.3) is 0 Å². The minimum Gasteiger partial charge on any atom is -0.394 e. The molecule has 0 saturated carbocycles. The van der Waals surface area contributed by atoms with Crippen LogP contribution < -0.4 is 0 Å². The molecule has 0 amide bonds. The molecular formula is C12H26O3. The third-order valence-corrected chi connectivity index (χ3v) is 1.57. The summed E-state index contributed by atoms with van der Waals surface area (Å²) < 4.78 is 4.97. The molecule has 0 unspecified atom stereocenters. The van der Waals surface area contributed by atoms with Crippen LogP contribution in [0.1, 0.15) is 47.0 Å². The molecule has 0 aromatic rings. The quantitative estimate of drug-likeness (QED) is 0.667. The Bertz CT molecular complexity index is 127. The van der Waals surface area contributed by atoms with Crippen LogP contribution in [0.15, 0.2) is 0 Å². The van der Waals surface area contributed by atoms with Crippen molar-refractivity contribution in [2.24, 2.45) is 5.92 Å². The topological polar surface area (TPSA) is 46.5 Å². The van der Waals surface area contributed by atoms with E-state index in [1.165, 1.54) is 0 Å². The highest BCUT2D eigenvalue weighted by Crippen LogP contribution is 1.97. The maximum Gasteiger partial charge on any atom is 0.130 e. The highest BCUT2D eigenvalue weighted by Gasteiger charge is 1.95. The Morgan fingerprint density at radius 1 is 1.33 bits per heavy atom. The third kappa shape index (κ3) is 24.7. The minimum atomic E-state index is 0.143. The largest absolute Gasteiger partial charge is 0.394 e. The molecule has 0 aromatic heterocycles. The van der Waals surface area contributed by atoms with Crippen LogP contribution in [0, 0.1) is 5.92 Å². The summed E-state index contributed by atoms with van der Waals surface area (Å²) >= 11 is 0. The Morgan fingerprint density at radius 2 is 1.93 bits per heavy atom. The smallest absolute Gasteiger partial charge is 0.130 e. The Balaban J connectivity index is 0. The highest BCUT2D eigenvalue weighted by atomic mass is 16.5. The Labute approximate surface area is 93.8 Å². The van der Waals surface area contributed by atoms with Crippen LogP contribution in [0.5, 0.6) is 0 Å². The van der Waals surface area contributed by atoms with Crippen molar-refractivity contribution < 1.29 is 14.6 Å². The number of unbranched alkanes of at least 4 members (excludes halogenated alkanes) is 1.